The molecule has 1 heterocycles. The van der Waals surface area contributed by atoms with E-state index in [4.69, 9.17) is 16.7 Å². The molecule has 0 aliphatic carbocycles. The van der Waals surface area contributed by atoms with E-state index in [1.165, 1.54) is 12.1 Å². The summed E-state index contributed by atoms with van der Waals surface area (Å²) >= 11 is 0. The summed E-state index contributed by atoms with van der Waals surface area (Å²) in [7, 11) is 0. The maximum atomic E-state index is 9.74. The van der Waals surface area contributed by atoms with Gasteiger partial charge in [0.15, 0.2) is 0 Å². The van der Waals surface area contributed by atoms with E-state index in [0.29, 0.717) is 0 Å². The molecule has 2 aromatic rings. The Balaban J connectivity index is 2.75. The van der Waals surface area contributed by atoms with Gasteiger partial charge in [0.2, 0.25) is 5.95 Å². The molecule has 0 aliphatic rings. The second-order valence-corrected chi connectivity index (χ2v) is 3.50. The number of aromatic hydroxyl groups is 2. The number of aromatic nitrogens is 2. The van der Waals surface area contributed by atoms with E-state index in [-0.39, 0.29) is 40.1 Å². The van der Waals surface area contributed by atoms with Gasteiger partial charge in [-0.05, 0) is 12.1 Å². The lowest BCUT2D eigenvalue weighted by atomic mass is 10.1. The zero-order chi connectivity index (χ0) is 13.3. The standard InChI is InChI=1S/C11H9N5O2/c12-4-7-9(15-11(14)16-10(7)13)6-2-1-5(17)3-8(6)18/h1-3,17-18H,(H4,13,14,15,16). The molecule has 0 spiro atoms. The van der Waals surface area contributed by atoms with Crippen molar-refractivity contribution in [3.63, 3.8) is 0 Å². The summed E-state index contributed by atoms with van der Waals surface area (Å²) in [5.41, 5.74) is 11.4. The highest BCUT2D eigenvalue weighted by molar-refractivity contribution is 5.77. The number of phenols is 2. The van der Waals surface area contributed by atoms with E-state index in [0.717, 1.165) is 6.07 Å². The van der Waals surface area contributed by atoms with Gasteiger partial charge in [0.25, 0.3) is 0 Å². The number of hydrogen-bond donors (Lipinski definition) is 4. The van der Waals surface area contributed by atoms with Crippen molar-refractivity contribution in [2.75, 3.05) is 11.5 Å². The highest BCUT2D eigenvalue weighted by atomic mass is 16.3. The van der Waals surface area contributed by atoms with Crippen LogP contribution in [-0.2, 0) is 0 Å². The first kappa shape index (κ1) is 11.5. The quantitative estimate of drug-likeness (QED) is 0.574. The molecule has 2 rings (SSSR count). The Morgan fingerprint density at radius 3 is 2.50 bits per heavy atom. The number of rotatable bonds is 1. The van der Waals surface area contributed by atoms with Gasteiger partial charge in [0.1, 0.15) is 28.9 Å². The molecule has 0 atom stereocenters. The zero-order valence-electron chi connectivity index (χ0n) is 9.12. The number of hydrogen-bond acceptors (Lipinski definition) is 7. The Labute approximate surface area is 102 Å². The van der Waals surface area contributed by atoms with Crippen molar-refractivity contribution in [2.24, 2.45) is 0 Å². The van der Waals surface area contributed by atoms with Gasteiger partial charge in [0, 0.05) is 11.6 Å². The largest absolute Gasteiger partial charge is 0.508 e. The fourth-order valence-electron chi connectivity index (χ4n) is 1.52. The van der Waals surface area contributed by atoms with Gasteiger partial charge in [-0.2, -0.15) is 10.2 Å². The minimum absolute atomic E-state index is 0.0187. The van der Waals surface area contributed by atoms with Crippen LogP contribution in [0.4, 0.5) is 11.8 Å². The van der Waals surface area contributed by atoms with Crippen LogP contribution in [0.1, 0.15) is 5.56 Å². The summed E-state index contributed by atoms with van der Waals surface area (Å²) in [6.07, 6.45) is 0. The Morgan fingerprint density at radius 2 is 1.89 bits per heavy atom. The lowest BCUT2D eigenvalue weighted by molar-refractivity contribution is 0.452. The van der Waals surface area contributed by atoms with E-state index in [2.05, 4.69) is 9.97 Å². The Bertz CT molecular complexity index is 663. The normalized spacial score (nSPS) is 9.94. The molecule has 7 heteroatoms. The van der Waals surface area contributed by atoms with E-state index in [1.54, 1.807) is 0 Å². The average molecular weight is 243 g/mol. The number of anilines is 2. The predicted octanol–water partition coefficient (Wildman–Crippen LogP) is 0.591. The topological polar surface area (TPSA) is 142 Å². The third-order valence-electron chi connectivity index (χ3n) is 2.30. The Hall–Kier alpha value is -3.01. The van der Waals surface area contributed by atoms with Crippen molar-refractivity contribution in [3.8, 4) is 28.8 Å². The maximum Gasteiger partial charge on any atom is 0.222 e. The molecule has 6 N–H and O–H groups in total. The first-order valence-corrected chi connectivity index (χ1v) is 4.88. The monoisotopic (exact) mass is 243 g/mol. The van der Waals surface area contributed by atoms with Crippen LogP contribution in [0.15, 0.2) is 18.2 Å². The lowest BCUT2D eigenvalue weighted by Gasteiger charge is -2.08. The van der Waals surface area contributed by atoms with Crippen molar-refractivity contribution < 1.29 is 10.2 Å². The zero-order valence-corrected chi connectivity index (χ0v) is 9.12. The molecule has 7 nitrogen and oxygen atoms in total. The molecule has 0 saturated carbocycles. The predicted molar refractivity (Wildman–Crippen MR) is 64.3 cm³/mol. The van der Waals surface area contributed by atoms with E-state index >= 15 is 0 Å². The third kappa shape index (κ3) is 1.82. The molecule has 0 radical (unpaired) electrons. The van der Waals surface area contributed by atoms with Gasteiger partial charge in [-0.3, -0.25) is 0 Å². The summed E-state index contributed by atoms with van der Waals surface area (Å²) in [5.74, 6) is -0.504. The van der Waals surface area contributed by atoms with Crippen molar-refractivity contribution in [1.82, 2.24) is 9.97 Å². The van der Waals surface area contributed by atoms with Crippen molar-refractivity contribution in [3.05, 3.63) is 23.8 Å². The highest BCUT2D eigenvalue weighted by Gasteiger charge is 2.16. The van der Waals surface area contributed by atoms with Crippen LogP contribution in [0, 0.1) is 11.3 Å². The van der Waals surface area contributed by atoms with Crippen LogP contribution >= 0.6 is 0 Å². The van der Waals surface area contributed by atoms with Crippen molar-refractivity contribution in [2.45, 2.75) is 0 Å². The smallest absolute Gasteiger partial charge is 0.222 e. The second-order valence-electron chi connectivity index (χ2n) is 3.50. The van der Waals surface area contributed by atoms with Gasteiger partial charge in [-0.1, -0.05) is 0 Å². The van der Waals surface area contributed by atoms with Crippen LogP contribution in [0.3, 0.4) is 0 Å². The SMILES string of the molecule is N#Cc1c(N)nc(N)nc1-c1ccc(O)cc1O. The number of nitrogens with two attached hydrogens (primary N) is 2. The van der Waals surface area contributed by atoms with Gasteiger partial charge >= 0.3 is 0 Å². The summed E-state index contributed by atoms with van der Waals surface area (Å²) < 4.78 is 0. The number of nitriles is 1. The molecule has 0 aliphatic heterocycles. The van der Waals surface area contributed by atoms with Crippen LogP contribution < -0.4 is 11.5 Å². The number of benzene rings is 1. The number of nitrogen functional groups attached to an aromatic ring is 2. The molecule has 0 amide bonds. The van der Waals surface area contributed by atoms with Crippen LogP contribution in [-0.4, -0.2) is 20.2 Å². The molecular weight excluding hydrogens is 234 g/mol. The molecule has 0 fully saturated rings. The summed E-state index contributed by atoms with van der Waals surface area (Å²) in [6.45, 7) is 0. The van der Waals surface area contributed by atoms with Crippen LogP contribution in [0.25, 0.3) is 11.3 Å². The van der Waals surface area contributed by atoms with Gasteiger partial charge in [-0.15, -0.1) is 0 Å². The molecule has 90 valence electrons. The van der Waals surface area contributed by atoms with Crippen molar-refractivity contribution >= 4 is 11.8 Å². The molecule has 1 aromatic heterocycles. The van der Waals surface area contributed by atoms with E-state index in [9.17, 15) is 10.2 Å². The Kier molecular flexibility index (Phi) is 2.61. The summed E-state index contributed by atoms with van der Waals surface area (Å²) in [4.78, 5) is 7.56. The second kappa shape index (κ2) is 4.10. The summed E-state index contributed by atoms with van der Waals surface area (Å²) in [6, 6.07) is 5.74. The molecule has 1 aromatic carbocycles. The van der Waals surface area contributed by atoms with Gasteiger partial charge in [-0.25, -0.2) is 4.98 Å². The van der Waals surface area contributed by atoms with E-state index in [1.807, 2.05) is 6.07 Å². The third-order valence-corrected chi connectivity index (χ3v) is 2.30. The molecule has 0 bridgehead atoms. The van der Waals surface area contributed by atoms with Gasteiger partial charge in [0.05, 0.1) is 5.69 Å². The lowest BCUT2D eigenvalue weighted by Crippen LogP contribution is -2.05. The maximum absolute atomic E-state index is 9.74. The van der Waals surface area contributed by atoms with Crippen LogP contribution in [0.2, 0.25) is 0 Å². The minimum Gasteiger partial charge on any atom is -0.508 e. The molecule has 0 saturated heterocycles. The molecule has 0 unspecified atom stereocenters. The fraction of sp³-hybridized carbons (Fsp3) is 0. The van der Waals surface area contributed by atoms with Crippen molar-refractivity contribution in [1.29, 1.82) is 5.26 Å². The Morgan fingerprint density at radius 1 is 1.17 bits per heavy atom. The number of phenolic OH excluding ortho intramolecular Hbond substituents is 2. The van der Waals surface area contributed by atoms with Crippen LogP contribution in [0.5, 0.6) is 11.5 Å². The molecule has 18 heavy (non-hydrogen) atoms. The fourth-order valence-corrected chi connectivity index (χ4v) is 1.52. The van der Waals surface area contributed by atoms with E-state index < -0.39 is 0 Å². The number of nitrogens with zero attached hydrogens (tertiary/aromatic N) is 3. The first-order valence-electron chi connectivity index (χ1n) is 4.88. The summed E-state index contributed by atoms with van der Waals surface area (Å²) in [5, 5.41) is 28.0. The average Bonchev–Trinajstić information content (AvgIpc) is 2.28. The first-order chi connectivity index (χ1) is 8.52. The minimum atomic E-state index is -0.232. The molecular formula is C11H9N5O2. The highest BCUT2D eigenvalue weighted by Crippen LogP contribution is 2.34. The van der Waals surface area contributed by atoms with Gasteiger partial charge < -0.3 is 21.7 Å².